The second kappa shape index (κ2) is 10.5. The van der Waals surface area contributed by atoms with E-state index in [2.05, 4.69) is 15.4 Å². The van der Waals surface area contributed by atoms with Crippen LogP contribution in [0.3, 0.4) is 0 Å². The van der Waals surface area contributed by atoms with Crippen LogP contribution >= 0.6 is 0 Å². The Labute approximate surface area is 131 Å². The van der Waals surface area contributed by atoms with Crippen molar-refractivity contribution in [1.29, 1.82) is 0 Å². The summed E-state index contributed by atoms with van der Waals surface area (Å²) >= 11 is 0. The van der Waals surface area contributed by atoms with Gasteiger partial charge in [0, 0.05) is 13.0 Å². The highest BCUT2D eigenvalue weighted by Gasteiger charge is 2.01. The number of rotatable bonds is 9. The molecule has 0 saturated carbocycles. The molecule has 0 heterocycles. The van der Waals surface area contributed by atoms with Crippen LogP contribution in [0.2, 0.25) is 0 Å². The molecule has 0 radical (unpaired) electrons. The van der Waals surface area contributed by atoms with E-state index in [9.17, 15) is 9.59 Å². The van der Waals surface area contributed by atoms with Crippen molar-refractivity contribution < 1.29 is 19.1 Å². The number of nitrogens with one attached hydrogen (secondary N) is 2. The molecule has 0 bridgehead atoms. The van der Waals surface area contributed by atoms with E-state index in [0.717, 1.165) is 12.2 Å². The van der Waals surface area contributed by atoms with E-state index in [4.69, 9.17) is 4.74 Å². The largest absolute Gasteiger partial charge is 0.492 e. The summed E-state index contributed by atoms with van der Waals surface area (Å²) in [4.78, 5) is 22.4. The van der Waals surface area contributed by atoms with Crippen molar-refractivity contribution in [1.82, 2.24) is 10.6 Å². The maximum atomic E-state index is 11.5. The normalized spacial score (nSPS) is 9.91. The Morgan fingerprint density at radius 1 is 1.05 bits per heavy atom. The van der Waals surface area contributed by atoms with E-state index in [0.29, 0.717) is 32.5 Å². The van der Waals surface area contributed by atoms with E-state index >= 15 is 0 Å². The lowest BCUT2D eigenvalue weighted by Gasteiger charge is -2.09. The molecule has 2 amide bonds. The van der Waals surface area contributed by atoms with Crippen LogP contribution in [-0.2, 0) is 9.53 Å². The maximum absolute atomic E-state index is 11.5. The Kier molecular flexibility index (Phi) is 8.49. The lowest BCUT2D eigenvalue weighted by molar-refractivity contribution is -0.140. The molecule has 6 nitrogen and oxygen atoms in total. The second-order valence-electron chi connectivity index (χ2n) is 4.88. The van der Waals surface area contributed by atoms with Crippen LogP contribution in [0.1, 0.15) is 24.8 Å². The number of hydrogen-bond acceptors (Lipinski definition) is 4. The van der Waals surface area contributed by atoms with Crippen LogP contribution in [0, 0.1) is 6.92 Å². The van der Waals surface area contributed by atoms with Crippen LogP contribution in [0.25, 0.3) is 0 Å². The average Bonchev–Trinajstić information content (AvgIpc) is 2.52. The third kappa shape index (κ3) is 8.14. The van der Waals surface area contributed by atoms with Gasteiger partial charge in [-0.05, 0) is 31.9 Å². The fraction of sp³-hybridized carbons (Fsp3) is 0.500. The maximum Gasteiger partial charge on any atom is 0.314 e. The smallest absolute Gasteiger partial charge is 0.314 e. The van der Waals surface area contributed by atoms with Gasteiger partial charge in [0.15, 0.2) is 0 Å². The summed E-state index contributed by atoms with van der Waals surface area (Å²) in [5, 5.41) is 5.43. The van der Waals surface area contributed by atoms with Gasteiger partial charge in [0.25, 0.3) is 0 Å². The van der Waals surface area contributed by atoms with Crippen molar-refractivity contribution >= 4 is 12.0 Å². The average molecular weight is 308 g/mol. The molecule has 2 N–H and O–H groups in total. The molecule has 0 fully saturated rings. The van der Waals surface area contributed by atoms with Crippen molar-refractivity contribution in [2.24, 2.45) is 0 Å². The summed E-state index contributed by atoms with van der Waals surface area (Å²) in [7, 11) is 1.37. The number of urea groups is 1. The minimum absolute atomic E-state index is 0.224. The number of benzene rings is 1. The first-order chi connectivity index (χ1) is 10.6. The predicted molar refractivity (Wildman–Crippen MR) is 83.9 cm³/mol. The summed E-state index contributed by atoms with van der Waals surface area (Å²) in [5.74, 6) is 0.563. The fourth-order valence-electron chi connectivity index (χ4n) is 1.73. The van der Waals surface area contributed by atoms with E-state index in [-0.39, 0.29) is 12.0 Å². The van der Waals surface area contributed by atoms with E-state index in [1.807, 2.05) is 31.2 Å². The zero-order chi connectivity index (χ0) is 16.2. The molecule has 0 spiro atoms. The van der Waals surface area contributed by atoms with Crippen LogP contribution in [0.4, 0.5) is 4.79 Å². The Morgan fingerprint density at radius 3 is 2.41 bits per heavy atom. The van der Waals surface area contributed by atoms with Crippen LogP contribution < -0.4 is 15.4 Å². The van der Waals surface area contributed by atoms with Gasteiger partial charge in [-0.15, -0.1) is 0 Å². The molecule has 122 valence electrons. The van der Waals surface area contributed by atoms with Gasteiger partial charge in [-0.2, -0.15) is 0 Å². The number of carbonyl (C=O) groups is 2. The number of aryl methyl sites for hydroxylation is 1. The quantitative estimate of drug-likeness (QED) is 0.540. The minimum atomic E-state index is -0.231. The molecule has 0 saturated heterocycles. The third-order valence-corrected chi connectivity index (χ3v) is 3.00. The van der Waals surface area contributed by atoms with E-state index in [1.165, 1.54) is 12.7 Å². The number of methoxy groups -OCH3 is 1. The van der Waals surface area contributed by atoms with Gasteiger partial charge < -0.3 is 20.1 Å². The summed E-state index contributed by atoms with van der Waals surface area (Å²) in [5.41, 5.74) is 1.18. The third-order valence-electron chi connectivity index (χ3n) is 3.00. The molecule has 0 aliphatic carbocycles. The summed E-state index contributed by atoms with van der Waals surface area (Å²) in [6.45, 7) is 3.39. The molecule has 0 aliphatic rings. The van der Waals surface area contributed by atoms with Gasteiger partial charge in [-0.25, -0.2) is 4.79 Å². The van der Waals surface area contributed by atoms with Crippen LogP contribution in [0.15, 0.2) is 24.3 Å². The lowest BCUT2D eigenvalue weighted by Crippen LogP contribution is -2.38. The first kappa shape index (κ1) is 17.8. The molecule has 22 heavy (non-hydrogen) atoms. The Balaban J connectivity index is 1.99. The second-order valence-corrected chi connectivity index (χ2v) is 4.88. The standard InChI is InChI=1S/C16H24N2O4/c1-13-6-8-14(9-7-13)22-12-11-18-16(20)17-10-4-3-5-15(19)21-2/h6-9H,3-5,10-12H2,1-2H3,(H2,17,18,20). The Hall–Kier alpha value is -2.24. The van der Waals surface area contributed by atoms with E-state index < -0.39 is 0 Å². The number of amides is 2. The van der Waals surface area contributed by atoms with Crippen LogP contribution in [-0.4, -0.2) is 38.8 Å². The van der Waals surface area contributed by atoms with Gasteiger partial charge >= 0.3 is 12.0 Å². The van der Waals surface area contributed by atoms with Gasteiger partial charge in [-0.3, -0.25) is 4.79 Å². The molecule has 0 unspecified atom stereocenters. The van der Waals surface area contributed by atoms with Gasteiger partial charge in [0.1, 0.15) is 12.4 Å². The van der Waals surface area contributed by atoms with Crippen molar-refractivity contribution in [2.75, 3.05) is 26.8 Å². The molecule has 0 aliphatic heterocycles. The minimum Gasteiger partial charge on any atom is -0.492 e. The highest BCUT2D eigenvalue weighted by Crippen LogP contribution is 2.10. The van der Waals surface area contributed by atoms with Crippen LogP contribution in [0.5, 0.6) is 5.75 Å². The SMILES string of the molecule is COC(=O)CCCCNC(=O)NCCOc1ccc(C)cc1. The number of hydrogen-bond donors (Lipinski definition) is 2. The molecule has 1 aromatic rings. The number of esters is 1. The molecule has 1 rings (SSSR count). The first-order valence-corrected chi connectivity index (χ1v) is 7.40. The van der Waals surface area contributed by atoms with Crippen molar-refractivity contribution in [3.8, 4) is 5.75 Å². The Morgan fingerprint density at radius 2 is 1.73 bits per heavy atom. The molecule has 6 heteroatoms. The number of unbranched alkanes of at least 4 members (excludes halogenated alkanes) is 1. The number of ether oxygens (including phenoxy) is 2. The lowest BCUT2D eigenvalue weighted by atomic mass is 10.2. The molecule has 1 aromatic carbocycles. The fourth-order valence-corrected chi connectivity index (χ4v) is 1.73. The van der Waals surface area contributed by atoms with Gasteiger partial charge in [0.2, 0.25) is 0 Å². The summed E-state index contributed by atoms with van der Waals surface area (Å²) < 4.78 is 10.0. The predicted octanol–water partition coefficient (Wildman–Crippen LogP) is 2.02. The highest BCUT2D eigenvalue weighted by molar-refractivity contribution is 5.73. The van der Waals surface area contributed by atoms with Crippen molar-refractivity contribution in [3.63, 3.8) is 0 Å². The zero-order valence-electron chi connectivity index (χ0n) is 13.2. The molecule has 0 aromatic heterocycles. The number of carbonyl (C=O) groups excluding carboxylic acids is 2. The molecular formula is C16H24N2O4. The summed E-state index contributed by atoms with van der Waals surface area (Å²) in [6.07, 6.45) is 1.82. The van der Waals surface area contributed by atoms with Gasteiger partial charge in [-0.1, -0.05) is 17.7 Å². The van der Waals surface area contributed by atoms with Crippen molar-refractivity contribution in [3.05, 3.63) is 29.8 Å². The van der Waals surface area contributed by atoms with Gasteiger partial charge in [0.05, 0.1) is 13.7 Å². The topological polar surface area (TPSA) is 76.7 Å². The summed E-state index contributed by atoms with van der Waals surface area (Å²) in [6, 6.07) is 7.52. The Bertz CT molecular complexity index is 460. The molecular weight excluding hydrogens is 284 g/mol. The first-order valence-electron chi connectivity index (χ1n) is 7.40. The zero-order valence-corrected chi connectivity index (χ0v) is 13.2. The monoisotopic (exact) mass is 308 g/mol. The van der Waals surface area contributed by atoms with Crippen molar-refractivity contribution in [2.45, 2.75) is 26.2 Å². The molecule has 0 atom stereocenters. The van der Waals surface area contributed by atoms with E-state index in [1.54, 1.807) is 0 Å². The highest BCUT2D eigenvalue weighted by atomic mass is 16.5.